The SMILES string of the molecule is C#CCC(NS(=O)(=O)c1c(C)cccc1[N+](=O)[O-])C(=O)O. The van der Waals surface area contributed by atoms with E-state index in [9.17, 15) is 23.3 Å². The van der Waals surface area contributed by atoms with E-state index in [0.717, 1.165) is 6.07 Å². The van der Waals surface area contributed by atoms with Crippen LogP contribution in [0.3, 0.4) is 0 Å². The van der Waals surface area contributed by atoms with E-state index in [1.165, 1.54) is 19.1 Å². The molecule has 2 N–H and O–H groups in total. The summed E-state index contributed by atoms with van der Waals surface area (Å²) in [5, 5.41) is 19.8. The van der Waals surface area contributed by atoms with Gasteiger partial charge in [0, 0.05) is 12.5 Å². The van der Waals surface area contributed by atoms with Gasteiger partial charge in [-0.3, -0.25) is 14.9 Å². The lowest BCUT2D eigenvalue weighted by Crippen LogP contribution is -2.40. The lowest BCUT2D eigenvalue weighted by Gasteiger charge is -2.13. The summed E-state index contributed by atoms with van der Waals surface area (Å²) < 4.78 is 26.3. The first-order valence-electron chi connectivity index (χ1n) is 5.63. The third-order valence-corrected chi connectivity index (χ3v) is 4.24. The second-order valence-electron chi connectivity index (χ2n) is 4.10. The maximum atomic E-state index is 12.2. The zero-order chi connectivity index (χ0) is 16.2. The van der Waals surface area contributed by atoms with Gasteiger partial charge in [0.05, 0.1) is 4.92 Å². The highest BCUT2D eigenvalue weighted by molar-refractivity contribution is 7.89. The quantitative estimate of drug-likeness (QED) is 0.451. The second kappa shape index (κ2) is 6.34. The fraction of sp³-hybridized carbons (Fsp3) is 0.250. The molecule has 0 saturated carbocycles. The van der Waals surface area contributed by atoms with Crippen molar-refractivity contribution in [3.63, 3.8) is 0 Å². The van der Waals surface area contributed by atoms with Crippen LogP contribution in [0.4, 0.5) is 5.69 Å². The van der Waals surface area contributed by atoms with Gasteiger partial charge < -0.3 is 5.11 Å². The van der Waals surface area contributed by atoms with Crippen LogP contribution in [0.25, 0.3) is 0 Å². The molecule has 112 valence electrons. The number of terminal acetylenes is 1. The summed E-state index contributed by atoms with van der Waals surface area (Å²) in [4.78, 5) is 20.5. The Kier molecular flexibility index (Phi) is 5.02. The smallest absolute Gasteiger partial charge is 0.322 e. The Morgan fingerprint density at radius 1 is 1.57 bits per heavy atom. The van der Waals surface area contributed by atoms with Gasteiger partial charge in [0.25, 0.3) is 5.69 Å². The number of nitro groups is 1. The minimum Gasteiger partial charge on any atom is -0.480 e. The molecule has 1 aromatic carbocycles. The van der Waals surface area contributed by atoms with Crippen LogP contribution in [0.5, 0.6) is 0 Å². The van der Waals surface area contributed by atoms with Crippen molar-refractivity contribution in [2.75, 3.05) is 0 Å². The summed E-state index contributed by atoms with van der Waals surface area (Å²) in [7, 11) is -4.40. The van der Waals surface area contributed by atoms with E-state index in [2.05, 4.69) is 0 Å². The monoisotopic (exact) mass is 312 g/mol. The van der Waals surface area contributed by atoms with Crippen molar-refractivity contribution >= 4 is 21.7 Å². The third kappa shape index (κ3) is 3.77. The Bertz CT molecular complexity index is 720. The van der Waals surface area contributed by atoms with Gasteiger partial charge in [-0.05, 0) is 12.5 Å². The molecule has 0 saturated heterocycles. The van der Waals surface area contributed by atoms with E-state index < -0.39 is 37.5 Å². The number of aliphatic carboxylic acids is 1. The largest absolute Gasteiger partial charge is 0.480 e. The van der Waals surface area contributed by atoms with Gasteiger partial charge in [-0.15, -0.1) is 12.3 Å². The van der Waals surface area contributed by atoms with Gasteiger partial charge >= 0.3 is 5.97 Å². The predicted octanol–water partition coefficient (Wildman–Crippen LogP) is 0.658. The molecule has 21 heavy (non-hydrogen) atoms. The molecule has 0 aliphatic heterocycles. The predicted molar refractivity (Wildman–Crippen MR) is 73.0 cm³/mol. The maximum absolute atomic E-state index is 12.2. The van der Waals surface area contributed by atoms with Crippen molar-refractivity contribution < 1.29 is 23.2 Å². The molecule has 0 spiro atoms. The zero-order valence-electron chi connectivity index (χ0n) is 10.9. The summed E-state index contributed by atoms with van der Waals surface area (Å²) in [6, 6.07) is 2.18. The molecule has 0 heterocycles. The van der Waals surface area contributed by atoms with E-state index in [4.69, 9.17) is 11.5 Å². The number of carboxylic acid groups (broad SMARTS) is 1. The van der Waals surface area contributed by atoms with E-state index in [1.807, 2.05) is 10.6 Å². The minimum atomic E-state index is -4.40. The first-order valence-corrected chi connectivity index (χ1v) is 7.11. The Labute approximate surface area is 121 Å². The molecule has 0 radical (unpaired) electrons. The standard InChI is InChI=1S/C12H12N2O6S/c1-3-5-9(12(15)16)13-21(19,20)11-8(2)6-4-7-10(11)14(17)18/h1,4,6-7,9,13H,5H2,2H3,(H,15,16). The molecule has 9 heteroatoms. The molecular weight excluding hydrogens is 300 g/mol. The Hall–Kier alpha value is -2.44. The number of aryl methyl sites for hydroxylation is 1. The molecular formula is C12H12N2O6S. The Morgan fingerprint density at radius 2 is 2.19 bits per heavy atom. The molecule has 0 aromatic heterocycles. The van der Waals surface area contributed by atoms with Gasteiger partial charge in [-0.2, -0.15) is 4.72 Å². The summed E-state index contributed by atoms with van der Waals surface area (Å²) in [5.41, 5.74) is -0.506. The molecule has 1 atom stereocenters. The topological polar surface area (TPSA) is 127 Å². The molecule has 1 rings (SSSR count). The van der Waals surface area contributed by atoms with Crippen molar-refractivity contribution in [1.82, 2.24) is 4.72 Å². The first-order chi connectivity index (χ1) is 9.70. The van der Waals surface area contributed by atoms with E-state index in [-0.39, 0.29) is 12.0 Å². The molecule has 0 fully saturated rings. The van der Waals surface area contributed by atoms with Crippen LogP contribution >= 0.6 is 0 Å². The van der Waals surface area contributed by atoms with Crippen molar-refractivity contribution in [3.05, 3.63) is 33.9 Å². The highest BCUT2D eigenvalue weighted by atomic mass is 32.2. The number of nitro benzene ring substituents is 1. The third-order valence-electron chi connectivity index (χ3n) is 2.57. The molecule has 0 amide bonds. The van der Waals surface area contributed by atoms with E-state index >= 15 is 0 Å². The van der Waals surface area contributed by atoms with Gasteiger partial charge in [-0.1, -0.05) is 12.1 Å². The summed E-state index contributed by atoms with van der Waals surface area (Å²) in [5.74, 6) is 0.568. The number of hydrogen-bond acceptors (Lipinski definition) is 5. The van der Waals surface area contributed by atoms with Gasteiger partial charge in [0.2, 0.25) is 10.0 Å². The summed E-state index contributed by atoms with van der Waals surface area (Å²) >= 11 is 0. The highest BCUT2D eigenvalue weighted by Gasteiger charge is 2.31. The normalized spacial score (nSPS) is 12.4. The first kappa shape index (κ1) is 16.6. The van der Waals surface area contributed by atoms with Crippen molar-refractivity contribution in [3.8, 4) is 12.3 Å². The number of carbonyl (C=O) groups is 1. The van der Waals surface area contributed by atoms with E-state index in [1.54, 1.807) is 0 Å². The van der Waals surface area contributed by atoms with Crippen LogP contribution in [0.1, 0.15) is 12.0 Å². The number of nitrogens with zero attached hydrogens (tertiary/aromatic N) is 1. The second-order valence-corrected chi connectivity index (χ2v) is 5.75. The van der Waals surface area contributed by atoms with Crippen LogP contribution in [-0.4, -0.2) is 30.5 Å². The average Bonchev–Trinajstić information content (AvgIpc) is 2.37. The number of nitrogens with one attached hydrogen (secondary N) is 1. The van der Waals surface area contributed by atoms with Gasteiger partial charge in [0.1, 0.15) is 6.04 Å². The number of sulfonamides is 1. The molecule has 1 unspecified atom stereocenters. The van der Waals surface area contributed by atoms with Crippen molar-refractivity contribution in [2.24, 2.45) is 0 Å². The minimum absolute atomic E-state index is 0.126. The van der Waals surface area contributed by atoms with Crippen LogP contribution in [0.2, 0.25) is 0 Å². The zero-order valence-corrected chi connectivity index (χ0v) is 11.8. The molecule has 1 aromatic rings. The fourth-order valence-corrected chi connectivity index (χ4v) is 3.26. The Balaban J connectivity index is 3.35. The van der Waals surface area contributed by atoms with Crippen LogP contribution in [-0.2, 0) is 14.8 Å². The molecule has 0 aliphatic carbocycles. The Morgan fingerprint density at radius 3 is 2.67 bits per heavy atom. The van der Waals surface area contributed by atoms with E-state index in [0.29, 0.717) is 0 Å². The lowest BCUT2D eigenvalue weighted by molar-refractivity contribution is -0.387. The van der Waals surface area contributed by atoms with Crippen molar-refractivity contribution in [1.29, 1.82) is 0 Å². The number of carboxylic acids is 1. The van der Waals surface area contributed by atoms with Crippen LogP contribution in [0, 0.1) is 29.4 Å². The van der Waals surface area contributed by atoms with Crippen LogP contribution < -0.4 is 4.72 Å². The maximum Gasteiger partial charge on any atom is 0.322 e. The molecule has 0 bridgehead atoms. The van der Waals surface area contributed by atoms with Gasteiger partial charge in [0.15, 0.2) is 4.90 Å². The van der Waals surface area contributed by atoms with Crippen LogP contribution in [0.15, 0.2) is 23.1 Å². The number of hydrogen-bond donors (Lipinski definition) is 2. The summed E-state index contributed by atoms with van der Waals surface area (Å²) in [6.07, 6.45) is 4.60. The van der Waals surface area contributed by atoms with Gasteiger partial charge in [-0.25, -0.2) is 8.42 Å². The number of rotatable bonds is 6. The number of benzene rings is 1. The fourth-order valence-electron chi connectivity index (χ4n) is 1.67. The molecule has 8 nitrogen and oxygen atoms in total. The highest BCUT2D eigenvalue weighted by Crippen LogP contribution is 2.27. The summed E-state index contributed by atoms with van der Waals surface area (Å²) in [6.45, 7) is 1.37. The van der Waals surface area contributed by atoms with Crippen molar-refractivity contribution in [2.45, 2.75) is 24.3 Å². The molecule has 0 aliphatic rings. The lowest BCUT2D eigenvalue weighted by atomic mass is 10.2. The average molecular weight is 312 g/mol.